The molecule has 0 N–H and O–H groups in total. The molecule has 1 aliphatic rings. The number of hydrogen-bond donors (Lipinski definition) is 0. The molecule has 0 saturated carbocycles. The van der Waals surface area contributed by atoms with Gasteiger partial charge in [-0.3, -0.25) is 4.79 Å². The van der Waals surface area contributed by atoms with E-state index < -0.39 is 11.8 Å². The van der Waals surface area contributed by atoms with Crippen molar-refractivity contribution >= 4 is 23.2 Å². The van der Waals surface area contributed by atoms with Gasteiger partial charge in [-0.2, -0.15) is 0 Å². The van der Waals surface area contributed by atoms with Crippen LogP contribution in [0.1, 0.15) is 39.2 Å². The number of esters is 1. The summed E-state index contributed by atoms with van der Waals surface area (Å²) in [7, 11) is 2.98. The number of benzene rings is 1. The third kappa shape index (κ3) is 4.47. The lowest BCUT2D eigenvalue weighted by molar-refractivity contribution is -0.133. The summed E-state index contributed by atoms with van der Waals surface area (Å²) in [4.78, 5) is 27.2. The number of carbonyl (C=O) groups excluding carboxylic acids is 2. The van der Waals surface area contributed by atoms with Crippen LogP contribution in [0, 0.1) is 5.82 Å². The van der Waals surface area contributed by atoms with Crippen LogP contribution in [0.4, 0.5) is 4.39 Å². The molecule has 144 valence electrons. The van der Waals surface area contributed by atoms with Crippen molar-refractivity contribution in [1.82, 2.24) is 4.90 Å². The lowest BCUT2D eigenvalue weighted by atomic mass is 9.96. The number of likely N-dealkylation sites (N-methyl/N-ethyl adjacent to an activating group) is 1. The zero-order chi connectivity index (χ0) is 19.4. The summed E-state index contributed by atoms with van der Waals surface area (Å²) >= 11 is 1.59. The van der Waals surface area contributed by atoms with Crippen molar-refractivity contribution in [1.29, 1.82) is 0 Å². The first kappa shape index (κ1) is 19.4. The number of thiophene rings is 1. The van der Waals surface area contributed by atoms with E-state index in [-0.39, 0.29) is 24.8 Å². The molecule has 0 aliphatic heterocycles. The van der Waals surface area contributed by atoms with Crippen LogP contribution in [-0.2, 0) is 28.9 Å². The third-order valence-electron chi connectivity index (χ3n) is 4.67. The predicted molar refractivity (Wildman–Crippen MR) is 101 cm³/mol. The minimum Gasteiger partial charge on any atom is -0.494 e. The number of ether oxygens (including phenoxy) is 2. The highest BCUT2D eigenvalue weighted by Crippen LogP contribution is 2.30. The number of carbonyl (C=O) groups is 2. The fourth-order valence-electron chi connectivity index (χ4n) is 3.15. The number of nitrogens with zero attached hydrogens (tertiary/aromatic N) is 1. The molecule has 0 radical (unpaired) electrons. The van der Waals surface area contributed by atoms with E-state index in [2.05, 4.69) is 0 Å². The molecule has 7 heteroatoms. The average Bonchev–Trinajstić information content (AvgIpc) is 3.10. The van der Waals surface area contributed by atoms with Crippen LogP contribution in [0.25, 0.3) is 0 Å². The second kappa shape index (κ2) is 8.52. The van der Waals surface area contributed by atoms with Gasteiger partial charge in [0.25, 0.3) is 5.91 Å². The van der Waals surface area contributed by atoms with E-state index in [1.54, 1.807) is 24.5 Å². The average molecular weight is 391 g/mol. The summed E-state index contributed by atoms with van der Waals surface area (Å²) in [6, 6.07) is 4.53. The molecule has 1 aromatic heterocycles. The number of halogens is 1. The maximum Gasteiger partial charge on any atom is 0.339 e. The Kier molecular flexibility index (Phi) is 6.11. The van der Waals surface area contributed by atoms with Crippen LogP contribution >= 0.6 is 11.3 Å². The standard InChI is InChI=1S/C20H22FNO4S/c1-22(10-13-7-8-17(25-2)16(21)9-13)19(23)11-26-20(24)15-12-27-18-6-4-3-5-14(15)18/h7-9,12H,3-6,10-11H2,1-2H3. The van der Waals surface area contributed by atoms with Crippen LogP contribution in [0.15, 0.2) is 23.6 Å². The Morgan fingerprint density at radius 1 is 1.26 bits per heavy atom. The number of rotatable bonds is 6. The first-order valence-electron chi connectivity index (χ1n) is 8.82. The molecule has 5 nitrogen and oxygen atoms in total. The van der Waals surface area contributed by atoms with Gasteiger partial charge in [0, 0.05) is 23.8 Å². The van der Waals surface area contributed by atoms with E-state index in [4.69, 9.17) is 9.47 Å². The van der Waals surface area contributed by atoms with E-state index in [0.717, 1.165) is 31.2 Å². The van der Waals surface area contributed by atoms with Crippen molar-refractivity contribution in [2.24, 2.45) is 0 Å². The Morgan fingerprint density at radius 2 is 2.04 bits per heavy atom. The lowest BCUT2D eigenvalue weighted by Crippen LogP contribution is -2.31. The molecule has 0 bridgehead atoms. The van der Waals surface area contributed by atoms with Gasteiger partial charge in [-0.05, 0) is 48.9 Å². The number of amides is 1. The van der Waals surface area contributed by atoms with Gasteiger partial charge in [0.1, 0.15) is 0 Å². The summed E-state index contributed by atoms with van der Waals surface area (Å²) in [6.07, 6.45) is 4.12. The van der Waals surface area contributed by atoms with Crippen molar-refractivity contribution in [2.75, 3.05) is 20.8 Å². The minimum atomic E-state index is -0.482. The molecular formula is C20H22FNO4S. The Bertz CT molecular complexity index is 849. The highest BCUT2D eigenvalue weighted by Gasteiger charge is 2.22. The number of hydrogen-bond acceptors (Lipinski definition) is 5. The Balaban J connectivity index is 1.55. The summed E-state index contributed by atoms with van der Waals surface area (Å²) in [6.45, 7) is -0.121. The second-order valence-corrected chi connectivity index (χ2v) is 7.52. The van der Waals surface area contributed by atoms with Crippen molar-refractivity contribution < 1.29 is 23.5 Å². The minimum absolute atomic E-state index is 0.153. The van der Waals surface area contributed by atoms with E-state index >= 15 is 0 Å². The topological polar surface area (TPSA) is 55.8 Å². The van der Waals surface area contributed by atoms with E-state index in [9.17, 15) is 14.0 Å². The molecule has 0 unspecified atom stereocenters. The Labute approximate surface area is 161 Å². The molecular weight excluding hydrogens is 369 g/mol. The van der Waals surface area contributed by atoms with E-state index in [1.165, 1.54) is 29.0 Å². The Morgan fingerprint density at radius 3 is 2.78 bits per heavy atom. The highest BCUT2D eigenvalue weighted by atomic mass is 32.1. The van der Waals surface area contributed by atoms with E-state index in [1.807, 2.05) is 5.38 Å². The SMILES string of the molecule is COc1ccc(CN(C)C(=O)COC(=O)c2csc3c2CCCC3)cc1F. The number of fused-ring (bicyclic) bond motifs is 1. The van der Waals surface area contributed by atoms with Crippen molar-refractivity contribution in [2.45, 2.75) is 32.2 Å². The van der Waals surface area contributed by atoms with E-state index in [0.29, 0.717) is 11.1 Å². The maximum absolute atomic E-state index is 13.8. The van der Waals surface area contributed by atoms with Gasteiger partial charge in [0.15, 0.2) is 18.2 Å². The first-order chi connectivity index (χ1) is 13.0. The van der Waals surface area contributed by atoms with Gasteiger partial charge in [-0.25, -0.2) is 9.18 Å². The fraction of sp³-hybridized carbons (Fsp3) is 0.400. The van der Waals surface area contributed by atoms with Crippen LogP contribution in [-0.4, -0.2) is 37.5 Å². The van der Waals surface area contributed by atoms with Crippen molar-refractivity contribution in [3.63, 3.8) is 0 Å². The normalized spacial score (nSPS) is 13.0. The monoisotopic (exact) mass is 391 g/mol. The zero-order valence-corrected chi connectivity index (χ0v) is 16.2. The molecule has 0 fully saturated rings. The molecule has 1 aliphatic carbocycles. The number of methoxy groups -OCH3 is 1. The molecule has 27 heavy (non-hydrogen) atoms. The lowest BCUT2D eigenvalue weighted by Gasteiger charge is -2.18. The molecule has 1 heterocycles. The van der Waals surface area contributed by atoms with Gasteiger partial charge in [0.05, 0.1) is 12.7 Å². The smallest absolute Gasteiger partial charge is 0.339 e. The molecule has 1 aromatic carbocycles. The quantitative estimate of drug-likeness (QED) is 0.706. The van der Waals surface area contributed by atoms with Gasteiger partial charge in [-0.1, -0.05) is 6.07 Å². The zero-order valence-electron chi connectivity index (χ0n) is 15.4. The summed E-state index contributed by atoms with van der Waals surface area (Å²) in [5, 5.41) is 1.83. The summed E-state index contributed by atoms with van der Waals surface area (Å²) in [5.41, 5.74) is 2.29. The van der Waals surface area contributed by atoms with Gasteiger partial charge in [0.2, 0.25) is 0 Å². The summed E-state index contributed by atoms with van der Waals surface area (Å²) < 4.78 is 23.8. The van der Waals surface area contributed by atoms with Crippen LogP contribution < -0.4 is 4.74 Å². The van der Waals surface area contributed by atoms with Gasteiger partial charge < -0.3 is 14.4 Å². The third-order valence-corrected chi connectivity index (χ3v) is 5.76. The maximum atomic E-state index is 13.8. The van der Waals surface area contributed by atoms with Crippen LogP contribution in [0.3, 0.4) is 0 Å². The van der Waals surface area contributed by atoms with Gasteiger partial charge in [-0.15, -0.1) is 11.3 Å². The second-order valence-electron chi connectivity index (χ2n) is 6.55. The molecule has 0 atom stereocenters. The highest BCUT2D eigenvalue weighted by molar-refractivity contribution is 7.10. The molecule has 3 rings (SSSR count). The Hall–Kier alpha value is -2.41. The van der Waals surface area contributed by atoms with Crippen molar-refractivity contribution in [3.05, 3.63) is 51.0 Å². The largest absolute Gasteiger partial charge is 0.494 e. The predicted octanol–water partition coefficient (Wildman–Crippen LogP) is 3.59. The first-order valence-corrected chi connectivity index (χ1v) is 9.70. The number of aryl methyl sites for hydroxylation is 1. The molecule has 2 aromatic rings. The summed E-state index contributed by atoms with van der Waals surface area (Å²) in [5.74, 6) is -1.12. The molecule has 0 spiro atoms. The fourth-order valence-corrected chi connectivity index (χ4v) is 4.27. The van der Waals surface area contributed by atoms with Gasteiger partial charge >= 0.3 is 5.97 Å². The molecule has 1 amide bonds. The van der Waals surface area contributed by atoms with Crippen LogP contribution in [0.2, 0.25) is 0 Å². The van der Waals surface area contributed by atoms with Crippen LogP contribution in [0.5, 0.6) is 5.75 Å². The van der Waals surface area contributed by atoms with Crippen molar-refractivity contribution in [3.8, 4) is 5.75 Å². The molecule has 0 saturated heterocycles.